The molecule has 50 heavy (non-hydrogen) atoms. The lowest BCUT2D eigenvalue weighted by Gasteiger charge is -2.36. The summed E-state index contributed by atoms with van der Waals surface area (Å²) in [7, 11) is 1.87. The van der Waals surface area contributed by atoms with Crippen molar-refractivity contribution in [3.63, 3.8) is 0 Å². The summed E-state index contributed by atoms with van der Waals surface area (Å²) in [6.07, 6.45) is -2.70. The van der Waals surface area contributed by atoms with Gasteiger partial charge < -0.3 is 30.1 Å². The summed E-state index contributed by atoms with van der Waals surface area (Å²) in [6, 6.07) is 14.0. The van der Waals surface area contributed by atoms with E-state index in [0.29, 0.717) is 43.2 Å². The topological polar surface area (TPSA) is 103 Å². The number of hydrogen-bond acceptors (Lipinski definition) is 6. The number of halogens is 4. The summed E-state index contributed by atoms with van der Waals surface area (Å²) in [5, 5.41) is 15.6. The highest BCUT2D eigenvalue weighted by Gasteiger charge is 2.32. The maximum atomic E-state index is 14.3. The number of benzene rings is 3. The van der Waals surface area contributed by atoms with E-state index in [0.717, 1.165) is 30.5 Å². The largest absolute Gasteiger partial charge is 0.490 e. The molecule has 3 amide bonds. The molecule has 3 aromatic carbocycles. The molecule has 9 nitrogen and oxygen atoms in total. The number of anilines is 2. The molecule has 1 aliphatic rings. The molecule has 0 aliphatic carbocycles. The van der Waals surface area contributed by atoms with Crippen LogP contribution in [0.3, 0.4) is 0 Å². The summed E-state index contributed by atoms with van der Waals surface area (Å²) in [4.78, 5) is 30.6. The summed E-state index contributed by atoms with van der Waals surface area (Å²) >= 11 is 0. The summed E-state index contributed by atoms with van der Waals surface area (Å²) in [6.45, 7) is 6.85. The quantitative estimate of drug-likeness (QED) is 0.211. The molecule has 0 radical (unpaired) electrons. The van der Waals surface area contributed by atoms with Crippen molar-refractivity contribution in [1.29, 1.82) is 0 Å². The zero-order valence-corrected chi connectivity index (χ0v) is 28.8. The fraction of sp³-hybridized carbons (Fsp3) is 0.459. The van der Waals surface area contributed by atoms with Crippen LogP contribution in [-0.4, -0.2) is 78.4 Å². The molecule has 4 atom stereocenters. The fourth-order valence-electron chi connectivity index (χ4n) is 5.77. The van der Waals surface area contributed by atoms with Crippen molar-refractivity contribution in [2.75, 3.05) is 44.0 Å². The number of carbonyl (C=O) groups excluding carboxylic acids is 2. The molecular formula is C37H46F4N4O5. The fourth-order valence-corrected chi connectivity index (χ4v) is 5.77. The molecule has 0 spiro atoms. The van der Waals surface area contributed by atoms with Crippen LogP contribution in [0.4, 0.5) is 33.7 Å². The molecule has 3 N–H and O–H groups in total. The molecule has 3 aromatic rings. The van der Waals surface area contributed by atoms with Gasteiger partial charge in [-0.2, -0.15) is 13.2 Å². The van der Waals surface area contributed by atoms with E-state index in [1.165, 1.54) is 42.5 Å². The van der Waals surface area contributed by atoms with Gasteiger partial charge in [-0.25, -0.2) is 9.18 Å². The van der Waals surface area contributed by atoms with Gasteiger partial charge in [-0.05, 0) is 100 Å². The third kappa shape index (κ3) is 11.2. The zero-order valence-electron chi connectivity index (χ0n) is 28.8. The first-order chi connectivity index (χ1) is 23.7. The second-order valence-corrected chi connectivity index (χ2v) is 13.0. The Hall–Kier alpha value is -4.20. The van der Waals surface area contributed by atoms with Crippen LogP contribution >= 0.6 is 0 Å². The van der Waals surface area contributed by atoms with Crippen LogP contribution in [0.1, 0.15) is 61.5 Å². The Morgan fingerprint density at radius 2 is 1.68 bits per heavy atom. The van der Waals surface area contributed by atoms with Gasteiger partial charge in [0, 0.05) is 43.5 Å². The zero-order chi connectivity index (χ0) is 36.4. The molecule has 13 heteroatoms. The van der Waals surface area contributed by atoms with Crippen molar-refractivity contribution in [3.05, 3.63) is 89.2 Å². The lowest BCUT2D eigenvalue weighted by atomic mass is 10.0. The van der Waals surface area contributed by atoms with Gasteiger partial charge in [-0.1, -0.05) is 19.1 Å². The molecule has 1 aliphatic heterocycles. The minimum Gasteiger partial charge on any atom is -0.490 e. The maximum Gasteiger partial charge on any atom is 0.416 e. The van der Waals surface area contributed by atoms with E-state index in [1.54, 1.807) is 24.0 Å². The lowest BCUT2D eigenvalue weighted by molar-refractivity contribution is -0.137. The van der Waals surface area contributed by atoms with Crippen molar-refractivity contribution in [3.8, 4) is 5.75 Å². The van der Waals surface area contributed by atoms with E-state index >= 15 is 0 Å². The van der Waals surface area contributed by atoms with Gasteiger partial charge in [0.15, 0.2) is 0 Å². The van der Waals surface area contributed by atoms with Crippen LogP contribution in [0, 0.1) is 11.7 Å². The molecule has 272 valence electrons. The van der Waals surface area contributed by atoms with E-state index < -0.39 is 35.5 Å². The lowest BCUT2D eigenvalue weighted by Crippen LogP contribution is -2.47. The van der Waals surface area contributed by atoms with Crippen LogP contribution < -0.4 is 15.4 Å². The van der Waals surface area contributed by atoms with Crippen LogP contribution in [0.5, 0.6) is 5.75 Å². The number of nitrogens with one attached hydrogen (secondary N) is 2. The van der Waals surface area contributed by atoms with Gasteiger partial charge in [-0.15, -0.1) is 0 Å². The summed E-state index contributed by atoms with van der Waals surface area (Å²) in [5.41, 5.74) is 0.935. The number of aliphatic hydroxyl groups is 1. The Morgan fingerprint density at radius 1 is 1.02 bits per heavy atom. The third-order valence-corrected chi connectivity index (χ3v) is 8.64. The maximum absolute atomic E-state index is 14.3. The van der Waals surface area contributed by atoms with E-state index in [4.69, 9.17) is 9.47 Å². The van der Waals surface area contributed by atoms with Crippen molar-refractivity contribution in [2.24, 2.45) is 5.92 Å². The van der Waals surface area contributed by atoms with Crippen molar-refractivity contribution < 1.29 is 41.7 Å². The molecule has 0 unspecified atom stereocenters. The van der Waals surface area contributed by atoms with E-state index in [2.05, 4.69) is 10.6 Å². The van der Waals surface area contributed by atoms with Crippen molar-refractivity contribution in [2.45, 2.75) is 71.0 Å². The van der Waals surface area contributed by atoms with Crippen LogP contribution in [0.15, 0.2) is 66.7 Å². The first kappa shape index (κ1) is 38.6. The summed E-state index contributed by atoms with van der Waals surface area (Å²) < 4.78 is 65.1. The Labute approximate surface area is 290 Å². The minimum absolute atomic E-state index is 0.206. The highest BCUT2D eigenvalue weighted by molar-refractivity contribution is 6.02. The predicted octanol–water partition coefficient (Wildman–Crippen LogP) is 7.42. The molecule has 4 rings (SSSR count). The molecule has 0 saturated heterocycles. The molecule has 1 heterocycles. The smallest absolute Gasteiger partial charge is 0.416 e. The van der Waals surface area contributed by atoms with Gasteiger partial charge in [0.25, 0.3) is 5.91 Å². The number of nitrogens with zero attached hydrogens (tertiary/aromatic N) is 2. The number of ether oxygens (including phenoxy) is 2. The second kappa shape index (κ2) is 17.6. The third-order valence-electron chi connectivity index (χ3n) is 8.64. The minimum atomic E-state index is -4.41. The normalized spacial score (nSPS) is 20.0. The predicted molar refractivity (Wildman–Crippen MR) is 184 cm³/mol. The first-order valence-corrected chi connectivity index (χ1v) is 16.8. The Morgan fingerprint density at radius 3 is 2.34 bits per heavy atom. The van der Waals surface area contributed by atoms with Crippen LogP contribution in [-0.2, 0) is 17.5 Å². The average molecular weight is 703 g/mol. The number of alkyl halides is 3. The number of likely N-dealkylation sites (N-methyl/N-ethyl adjacent to an activating group) is 1. The number of urea groups is 1. The molecule has 0 saturated carbocycles. The Bertz CT molecular complexity index is 1550. The van der Waals surface area contributed by atoms with Gasteiger partial charge in [0.2, 0.25) is 0 Å². The number of amides is 3. The number of aliphatic hydroxyl groups excluding tert-OH is 1. The van der Waals surface area contributed by atoms with E-state index in [-0.39, 0.29) is 36.8 Å². The van der Waals surface area contributed by atoms with Gasteiger partial charge in [0.1, 0.15) is 11.6 Å². The highest BCUT2D eigenvalue weighted by atomic mass is 19.4. The second-order valence-electron chi connectivity index (χ2n) is 13.0. The molecular weight excluding hydrogens is 656 g/mol. The Balaban J connectivity index is 1.56. The number of rotatable bonds is 8. The summed E-state index contributed by atoms with van der Waals surface area (Å²) in [5.74, 6) is -0.709. The van der Waals surface area contributed by atoms with Crippen LogP contribution in [0.2, 0.25) is 0 Å². The number of hydrogen-bond donors (Lipinski definition) is 3. The SMILES string of the molecule is C[C@@H]1CN([C@@H](C)CO)C(=O)c2cc(NC(=O)Nc3ccc(F)cc3)ccc2O[C@@H](C)CCCCO[C@@H]1CN(C)Cc1ccc(C(F)(F)F)cc1. The standard InChI is InChI=1S/C37H46F4N4O5/c1-24-20-45(25(2)23-46)35(47)32-19-31(43-36(48)42-30-14-12-29(38)13-15-30)16-17-33(32)50-26(3)7-5-6-18-49-34(24)22-44(4)21-27-8-10-28(11-9-27)37(39,40)41/h8-17,19,24-26,34,46H,5-7,18,20-23H2,1-4H3,(H2,42,43,48)/t24-,25+,26+,34-/m1/s1. The Kier molecular flexibility index (Phi) is 13.6. The number of fused-ring (bicyclic) bond motifs is 1. The first-order valence-electron chi connectivity index (χ1n) is 16.8. The van der Waals surface area contributed by atoms with Gasteiger partial charge in [-0.3, -0.25) is 9.69 Å². The average Bonchev–Trinajstić information content (AvgIpc) is 3.07. The van der Waals surface area contributed by atoms with Gasteiger partial charge >= 0.3 is 12.2 Å². The number of carbonyl (C=O) groups is 2. The van der Waals surface area contributed by atoms with Crippen LogP contribution in [0.25, 0.3) is 0 Å². The molecule has 0 bridgehead atoms. The highest BCUT2D eigenvalue weighted by Crippen LogP contribution is 2.30. The molecule has 0 fully saturated rings. The monoisotopic (exact) mass is 702 g/mol. The van der Waals surface area contributed by atoms with Crippen molar-refractivity contribution in [1.82, 2.24) is 9.80 Å². The van der Waals surface area contributed by atoms with Gasteiger partial charge in [0.05, 0.1) is 36.0 Å². The van der Waals surface area contributed by atoms with Crippen molar-refractivity contribution >= 4 is 23.3 Å². The van der Waals surface area contributed by atoms with E-state index in [1.807, 2.05) is 25.8 Å². The van der Waals surface area contributed by atoms with E-state index in [9.17, 15) is 32.3 Å². The molecule has 0 aromatic heterocycles.